The van der Waals surface area contributed by atoms with Crippen LogP contribution >= 0.6 is 12.4 Å². The molecule has 11 aromatic rings. The number of sulfone groups is 3. The van der Waals surface area contributed by atoms with Crippen LogP contribution < -0.4 is 20.7 Å². The summed E-state index contributed by atoms with van der Waals surface area (Å²) in [7, 11) is -0.512. The van der Waals surface area contributed by atoms with Crippen molar-refractivity contribution in [1.82, 2.24) is 49.8 Å². The standard InChI is InChI=1S/C25H26N4O3S.C17H13N3O2.C15H21NO2S.C14H19NO2S.2C14H19NO.C14H17N.ClH/c1-33(31,32)22-15-25(20-10-6-5-9-19(20)22)11-13-29(14-12-25)24(30)28-23-17-26-21(16-27-23)18-7-3-2-4-8-18;21-17(22-14-9-5-2-6-10-14)20-16-12-18-15(11-19-16)13-7-3-1-4-8-13;1-16-9-7-15(8-10-16)11-14(19(2,17)18)12-5-3-4-6-13(12)15;1-18(16,17)13-10-14(6-8-15-9-7-14)12-5-3-2-4-11(12)13;1-15-8-6-14(7-9-15)10-13(16)11-4-2-3-5-12(11)14;1-15-8-6-14(7-9-15)12-5-3-2-4-11(12)10-13(14)16;1-15-10-8-14(9-11-15)7-6-12-4-2-3-5-13(12)14;/h2-10,16-17,22H,11-15H2,1H3,(H,27,28,30);1-12H,(H,19,20,21);3-6,14H,7-11H2,1-2H3;2-5,13,15H,6-10H2,1H3;2*2-5,13,16H,6-10H2,1H3;2-7H,8-11H2,1H3;1H. The van der Waals surface area contributed by atoms with Gasteiger partial charge >= 0.3 is 12.1 Å². The van der Waals surface area contributed by atoms with Crippen molar-refractivity contribution >= 4 is 71.8 Å². The number of carbonyl (C=O) groups is 2. The first kappa shape index (κ1) is 102. The van der Waals surface area contributed by atoms with E-state index in [0.717, 1.165) is 174 Å². The number of aromatic nitrogens is 4. The molecule has 5 atom stereocenters. The number of hydrogen-bond acceptors (Lipinski definition) is 20. The summed E-state index contributed by atoms with van der Waals surface area (Å²) in [6.07, 6.45) is 30.9. The van der Waals surface area contributed by atoms with Gasteiger partial charge in [0, 0.05) is 64.6 Å². The number of amides is 3. The number of fused-ring (bicyclic) bond motifs is 12. The summed E-state index contributed by atoms with van der Waals surface area (Å²) in [6, 6.07) is 78.1. The van der Waals surface area contributed by atoms with Crippen LogP contribution in [-0.2, 0) is 68.4 Å². The van der Waals surface area contributed by atoms with E-state index < -0.39 is 40.9 Å². The molecular weight excluding hydrogens is 1830 g/mol. The summed E-state index contributed by atoms with van der Waals surface area (Å²) in [6.45, 7) is 12.2. The van der Waals surface area contributed by atoms with Gasteiger partial charge in [-0.1, -0.05) is 237 Å². The number of urea groups is 1. The summed E-state index contributed by atoms with van der Waals surface area (Å²) in [5, 5.41) is 28.2. The van der Waals surface area contributed by atoms with E-state index in [1.165, 1.54) is 103 Å². The summed E-state index contributed by atoms with van der Waals surface area (Å²) in [4.78, 5) is 53.1. The number of para-hydroxylation sites is 1. The number of aliphatic hydroxyl groups excluding tert-OH is 2. The van der Waals surface area contributed by atoms with Gasteiger partial charge in [0.1, 0.15) is 5.75 Å². The Kier molecular flexibility index (Phi) is 31.8. The number of benzene rings is 9. The van der Waals surface area contributed by atoms with Gasteiger partial charge in [-0.15, -0.1) is 12.4 Å². The number of likely N-dealkylation sites (tertiary alicyclic amines) is 5. The van der Waals surface area contributed by atoms with Gasteiger partial charge in [-0.25, -0.2) is 44.8 Å². The number of ether oxygens (including phenoxy) is 1. The second-order valence-electron chi connectivity index (χ2n) is 40.9. The van der Waals surface area contributed by atoms with E-state index in [2.05, 4.69) is 181 Å². The monoisotopic (exact) mass is 1970 g/mol. The zero-order valence-corrected chi connectivity index (χ0v) is 84.9. The number of nitrogens with one attached hydrogen (secondary N) is 3. The molecule has 23 nitrogen and oxygen atoms in total. The van der Waals surface area contributed by atoms with E-state index in [1.807, 2.05) is 127 Å². The topological polar surface area (TPSA) is 290 Å². The lowest BCUT2D eigenvalue weighted by Crippen LogP contribution is -2.46. The predicted octanol–water partition coefficient (Wildman–Crippen LogP) is 18.6. The number of nitrogens with zero attached hydrogens (tertiary/aromatic N) is 9. The number of anilines is 2. The van der Waals surface area contributed by atoms with E-state index in [4.69, 9.17) is 4.74 Å². The molecule has 23 rings (SSSR count). The molecule has 0 bridgehead atoms. The summed E-state index contributed by atoms with van der Waals surface area (Å²) in [5.41, 5.74) is 19.2. The number of hydrogen-bond donors (Lipinski definition) is 5. The zero-order chi connectivity index (χ0) is 97.4. The molecule has 6 saturated heterocycles. The molecule has 0 radical (unpaired) electrons. The van der Waals surface area contributed by atoms with Crippen molar-refractivity contribution in [2.24, 2.45) is 0 Å². The van der Waals surface area contributed by atoms with E-state index in [-0.39, 0.29) is 68.2 Å². The minimum atomic E-state index is -3.19. The maximum Gasteiger partial charge on any atom is 0.418 e. The Morgan fingerprint density at radius 2 is 0.743 bits per heavy atom. The number of rotatable bonds is 8. The van der Waals surface area contributed by atoms with Gasteiger partial charge in [-0.2, -0.15) is 0 Å². The molecule has 6 spiro atoms. The van der Waals surface area contributed by atoms with Crippen molar-refractivity contribution in [3.05, 3.63) is 334 Å². The highest BCUT2D eigenvalue weighted by Gasteiger charge is 2.53. The Morgan fingerprint density at radius 3 is 1.19 bits per heavy atom. The number of allylic oxidation sites excluding steroid dienone is 1. The summed E-state index contributed by atoms with van der Waals surface area (Å²) >= 11 is 0. The second kappa shape index (κ2) is 43.6. The van der Waals surface area contributed by atoms with Crippen molar-refractivity contribution in [1.29, 1.82) is 0 Å². The third-order valence-electron chi connectivity index (χ3n) is 32.2. The average Bonchev–Trinajstić information content (AvgIpc) is 1.58. The Balaban J connectivity index is 0.000000120. The Morgan fingerprint density at radius 1 is 0.386 bits per heavy atom. The lowest BCUT2D eigenvalue weighted by molar-refractivity contribution is 0.0500. The Bertz CT molecular complexity index is 6480. The van der Waals surface area contributed by atoms with E-state index in [9.17, 15) is 45.1 Å². The van der Waals surface area contributed by atoms with Crippen LogP contribution in [0.5, 0.6) is 5.75 Å². The van der Waals surface area contributed by atoms with Crippen molar-refractivity contribution in [3.8, 4) is 28.3 Å². The summed E-state index contributed by atoms with van der Waals surface area (Å²) in [5.74, 6) is 1.21. The van der Waals surface area contributed by atoms with Gasteiger partial charge in [0.15, 0.2) is 41.1 Å². The van der Waals surface area contributed by atoms with Crippen LogP contribution in [0.2, 0.25) is 0 Å². The SMILES string of the molecule is CN1CCC2(C=Cc3ccccc32)CC1.CN1CCC2(CC1)CC(O)c1ccccc12.CN1CCC2(CC1)CC(S(C)(=O)=O)c1ccccc12.CN1CCC2(CC1)c1ccccc1CC2O.CS(=O)(=O)C1CC2(CCN(C(=O)Nc3cnc(-c4ccccc4)cn3)CC2)c2ccccc21.CS(=O)(=O)C1CC2(CCNCC2)c2ccccc21.Cl.O=C(Nc1cnc(-c2ccccc2)cn1)Oc1ccccc1. The highest BCUT2D eigenvalue weighted by atomic mass is 35.5. The number of carbonyl (C=O) groups excluding carboxylic acids is 2. The molecule has 12 aliphatic rings. The van der Waals surface area contributed by atoms with Crippen molar-refractivity contribution < 1.29 is 49.8 Å². The van der Waals surface area contributed by atoms with Crippen LogP contribution in [0.1, 0.15) is 191 Å². The van der Waals surface area contributed by atoms with Gasteiger partial charge in [-0.3, -0.25) is 20.6 Å². The normalized spacial score (nSPS) is 22.0. The molecular formula is C113H135ClN12O11S3. The van der Waals surface area contributed by atoms with Crippen molar-refractivity contribution in [3.63, 3.8) is 0 Å². The molecule has 8 heterocycles. The maximum absolute atomic E-state index is 12.8. The molecule has 6 aliphatic carbocycles. The van der Waals surface area contributed by atoms with Crippen LogP contribution in [0.3, 0.4) is 0 Å². The van der Waals surface area contributed by atoms with E-state index >= 15 is 0 Å². The highest BCUT2D eigenvalue weighted by Crippen LogP contribution is 2.58. The van der Waals surface area contributed by atoms with Gasteiger partial charge in [0.25, 0.3) is 0 Å². The molecule has 738 valence electrons. The molecule has 0 saturated carbocycles. The third-order valence-corrected chi connectivity index (χ3v) is 36.5. The van der Waals surface area contributed by atoms with Crippen LogP contribution in [-0.4, -0.2) is 224 Å². The minimum absolute atomic E-state index is 0. The Labute approximate surface area is 833 Å². The largest absolute Gasteiger partial charge is 0.418 e. The van der Waals surface area contributed by atoms with Gasteiger partial charge in [0.2, 0.25) is 0 Å². The van der Waals surface area contributed by atoms with Crippen LogP contribution in [0.25, 0.3) is 28.6 Å². The molecule has 5 unspecified atom stereocenters. The number of piperidine rings is 6. The molecule has 5 N–H and O–H groups in total. The lowest BCUT2D eigenvalue weighted by Gasteiger charge is -2.41. The Hall–Kier alpha value is -10.7. The molecule has 3 amide bonds. The van der Waals surface area contributed by atoms with Crippen LogP contribution in [0, 0.1) is 0 Å². The molecule has 140 heavy (non-hydrogen) atoms. The maximum atomic E-state index is 12.8. The fourth-order valence-electron chi connectivity index (χ4n) is 24.0. The van der Waals surface area contributed by atoms with Crippen molar-refractivity contribution in [2.75, 3.05) is 136 Å². The predicted molar refractivity (Wildman–Crippen MR) is 561 cm³/mol. The number of aliphatic hydroxyl groups is 2. The second-order valence-corrected chi connectivity index (χ2v) is 47.6. The zero-order valence-electron chi connectivity index (χ0n) is 81.6. The number of halogens is 1. The van der Waals surface area contributed by atoms with Gasteiger partial charge in [-0.05, 0) is 293 Å². The molecule has 9 aromatic carbocycles. The summed E-state index contributed by atoms with van der Waals surface area (Å²) < 4.78 is 78.1. The van der Waals surface area contributed by atoms with Crippen molar-refractivity contribution in [2.45, 2.75) is 170 Å². The first-order valence-corrected chi connectivity index (χ1v) is 55.2. The average molecular weight is 1970 g/mol. The molecule has 2 aromatic heterocycles. The molecule has 6 fully saturated rings. The first-order chi connectivity index (χ1) is 66.9. The third kappa shape index (κ3) is 22.7. The lowest BCUT2D eigenvalue weighted by atomic mass is 9.72. The van der Waals surface area contributed by atoms with E-state index in [1.54, 1.807) is 53.3 Å². The minimum Gasteiger partial charge on any atom is -0.410 e. The van der Waals surface area contributed by atoms with E-state index in [0.29, 0.717) is 42.3 Å². The quantitative estimate of drug-likeness (QED) is 0.0944. The first-order valence-electron chi connectivity index (χ1n) is 49.3. The van der Waals surface area contributed by atoms with Crippen LogP contribution in [0.15, 0.2) is 267 Å². The highest BCUT2D eigenvalue weighted by molar-refractivity contribution is 7.91. The molecule has 6 aliphatic heterocycles. The fourth-order valence-corrected chi connectivity index (χ4v) is 27.9. The smallest absolute Gasteiger partial charge is 0.410 e. The van der Waals surface area contributed by atoms with Gasteiger partial charge in [0.05, 0.1) is 64.1 Å². The fraction of sp³-hybridized carbons (Fsp3) is 0.416. The van der Waals surface area contributed by atoms with Gasteiger partial charge < -0.3 is 44.8 Å². The molecule has 27 heteroatoms. The van der Waals surface area contributed by atoms with Crippen LogP contribution in [0.4, 0.5) is 21.2 Å².